The molecule has 0 heterocycles. The van der Waals surface area contributed by atoms with Gasteiger partial charge in [0.15, 0.2) is 11.6 Å². The molecule has 14 heavy (non-hydrogen) atoms. The van der Waals surface area contributed by atoms with E-state index in [0.29, 0.717) is 6.54 Å². The fourth-order valence-electron chi connectivity index (χ4n) is 0.941. The number of hydrogen-bond acceptors (Lipinski definition) is 3. The van der Waals surface area contributed by atoms with E-state index < -0.39 is 5.82 Å². The van der Waals surface area contributed by atoms with Crippen LogP contribution >= 0.6 is 12.4 Å². The van der Waals surface area contributed by atoms with E-state index in [4.69, 9.17) is 15.6 Å². The minimum Gasteiger partial charge on any atom is -0.488 e. The van der Waals surface area contributed by atoms with E-state index in [1.807, 2.05) is 0 Å². The second-order valence-corrected chi connectivity index (χ2v) is 2.54. The Morgan fingerprint density at radius 1 is 1.43 bits per heavy atom. The van der Waals surface area contributed by atoms with E-state index in [0.717, 1.165) is 5.56 Å². The fraction of sp³-hybridized carbons (Fsp3) is 0.333. The number of aliphatic hydroxyl groups is 1. The van der Waals surface area contributed by atoms with Crippen LogP contribution in [0.3, 0.4) is 0 Å². The minimum absolute atomic E-state index is 0. The number of ether oxygens (including phenoxy) is 1. The zero-order valence-electron chi connectivity index (χ0n) is 7.57. The van der Waals surface area contributed by atoms with Crippen LogP contribution in [0.4, 0.5) is 4.39 Å². The standard InChI is InChI=1S/C9H12FNO2.ClH/c10-8-2-1-7(6-11)5-9(8)13-4-3-12;/h1-2,5,12H,3-4,6,11H2;1H. The van der Waals surface area contributed by atoms with Crippen molar-refractivity contribution in [3.63, 3.8) is 0 Å². The van der Waals surface area contributed by atoms with Gasteiger partial charge >= 0.3 is 0 Å². The quantitative estimate of drug-likeness (QED) is 0.800. The molecular formula is C9H13ClFNO2. The third-order valence-electron chi connectivity index (χ3n) is 1.58. The second kappa shape index (κ2) is 6.59. The highest BCUT2D eigenvalue weighted by molar-refractivity contribution is 5.85. The maximum absolute atomic E-state index is 13.0. The van der Waals surface area contributed by atoms with Crippen molar-refractivity contribution in [2.24, 2.45) is 5.73 Å². The van der Waals surface area contributed by atoms with Crippen LogP contribution in [0.2, 0.25) is 0 Å². The summed E-state index contributed by atoms with van der Waals surface area (Å²) in [6.07, 6.45) is 0. The average molecular weight is 222 g/mol. The topological polar surface area (TPSA) is 55.5 Å². The first kappa shape index (κ1) is 13.2. The molecule has 0 atom stereocenters. The third kappa shape index (κ3) is 3.49. The molecule has 0 fully saturated rings. The molecule has 80 valence electrons. The summed E-state index contributed by atoms with van der Waals surface area (Å²) >= 11 is 0. The third-order valence-corrected chi connectivity index (χ3v) is 1.58. The zero-order valence-corrected chi connectivity index (χ0v) is 8.39. The first-order valence-electron chi connectivity index (χ1n) is 4.00. The van der Waals surface area contributed by atoms with Gasteiger partial charge < -0.3 is 15.6 Å². The second-order valence-electron chi connectivity index (χ2n) is 2.54. The van der Waals surface area contributed by atoms with Gasteiger partial charge in [0.05, 0.1) is 6.61 Å². The largest absolute Gasteiger partial charge is 0.488 e. The average Bonchev–Trinajstić information content (AvgIpc) is 2.17. The van der Waals surface area contributed by atoms with E-state index in [-0.39, 0.29) is 31.4 Å². The lowest BCUT2D eigenvalue weighted by atomic mass is 10.2. The molecule has 0 radical (unpaired) electrons. The van der Waals surface area contributed by atoms with Crippen molar-refractivity contribution in [2.75, 3.05) is 13.2 Å². The van der Waals surface area contributed by atoms with Gasteiger partial charge in [-0.25, -0.2) is 4.39 Å². The van der Waals surface area contributed by atoms with E-state index in [1.165, 1.54) is 12.1 Å². The number of rotatable bonds is 4. The van der Waals surface area contributed by atoms with Crippen molar-refractivity contribution >= 4 is 12.4 Å². The lowest BCUT2D eigenvalue weighted by Crippen LogP contribution is -2.04. The summed E-state index contributed by atoms with van der Waals surface area (Å²) in [6.45, 7) is 0.299. The summed E-state index contributed by atoms with van der Waals surface area (Å²) in [5.74, 6) is -0.303. The van der Waals surface area contributed by atoms with Crippen LogP contribution in [-0.2, 0) is 6.54 Å². The van der Waals surface area contributed by atoms with E-state index in [2.05, 4.69) is 0 Å². The zero-order chi connectivity index (χ0) is 9.68. The predicted octanol–water partition coefficient (Wildman–Crippen LogP) is 1.08. The van der Waals surface area contributed by atoms with Crippen LogP contribution in [0.15, 0.2) is 18.2 Å². The molecule has 5 heteroatoms. The van der Waals surface area contributed by atoms with Crippen molar-refractivity contribution in [1.82, 2.24) is 0 Å². The normalized spacial score (nSPS) is 9.36. The van der Waals surface area contributed by atoms with Crippen LogP contribution in [0.25, 0.3) is 0 Å². The van der Waals surface area contributed by atoms with Gasteiger partial charge in [0.25, 0.3) is 0 Å². The van der Waals surface area contributed by atoms with Crippen LogP contribution in [0.1, 0.15) is 5.56 Å². The Bertz CT molecular complexity index is 284. The van der Waals surface area contributed by atoms with Crippen molar-refractivity contribution in [2.45, 2.75) is 6.54 Å². The van der Waals surface area contributed by atoms with E-state index >= 15 is 0 Å². The lowest BCUT2D eigenvalue weighted by Gasteiger charge is -2.06. The molecule has 3 nitrogen and oxygen atoms in total. The maximum Gasteiger partial charge on any atom is 0.165 e. The number of halogens is 2. The molecule has 0 aromatic heterocycles. The minimum atomic E-state index is -0.439. The Morgan fingerprint density at radius 2 is 2.14 bits per heavy atom. The van der Waals surface area contributed by atoms with E-state index in [1.54, 1.807) is 6.07 Å². The van der Waals surface area contributed by atoms with Crippen LogP contribution in [0.5, 0.6) is 5.75 Å². The summed E-state index contributed by atoms with van der Waals surface area (Å²) in [5.41, 5.74) is 6.17. The van der Waals surface area contributed by atoms with Gasteiger partial charge in [0.1, 0.15) is 6.61 Å². The smallest absolute Gasteiger partial charge is 0.165 e. The van der Waals surface area contributed by atoms with Gasteiger partial charge in [0, 0.05) is 6.54 Å². The van der Waals surface area contributed by atoms with Gasteiger partial charge in [-0.05, 0) is 17.7 Å². The Labute approximate surface area is 88.1 Å². The SMILES string of the molecule is Cl.NCc1ccc(F)c(OCCO)c1. The molecule has 1 aromatic carbocycles. The summed E-state index contributed by atoms with van der Waals surface area (Å²) in [4.78, 5) is 0. The highest BCUT2D eigenvalue weighted by Gasteiger charge is 2.03. The number of benzene rings is 1. The highest BCUT2D eigenvalue weighted by atomic mass is 35.5. The molecule has 0 spiro atoms. The van der Waals surface area contributed by atoms with Gasteiger partial charge in [-0.15, -0.1) is 12.4 Å². The monoisotopic (exact) mass is 221 g/mol. The van der Waals surface area contributed by atoms with Gasteiger partial charge in [-0.3, -0.25) is 0 Å². The molecule has 0 aliphatic carbocycles. The summed E-state index contributed by atoms with van der Waals surface area (Å²) in [6, 6.07) is 4.43. The number of aliphatic hydroxyl groups excluding tert-OH is 1. The molecule has 0 aliphatic rings. The van der Waals surface area contributed by atoms with Gasteiger partial charge in [-0.2, -0.15) is 0 Å². The molecule has 0 saturated heterocycles. The van der Waals surface area contributed by atoms with Gasteiger partial charge in [0.2, 0.25) is 0 Å². The Balaban J connectivity index is 0.00000169. The van der Waals surface area contributed by atoms with Crippen LogP contribution in [-0.4, -0.2) is 18.3 Å². The Hall–Kier alpha value is -0.840. The number of hydrogen-bond donors (Lipinski definition) is 2. The van der Waals surface area contributed by atoms with Crippen LogP contribution < -0.4 is 10.5 Å². The van der Waals surface area contributed by atoms with Crippen molar-refractivity contribution in [3.8, 4) is 5.75 Å². The molecule has 1 aromatic rings. The molecule has 0 unspecified atom stereocenters. The fourth-order valence-corrected chi connectivity index (χ4v) is 0.941. The number of nitrogens with two attached hydrogens (primary N) is 1. The summed E-state index contributed by atoms with van der Waals surface area (Å²) in [7, 11) is 0. The predicted molar refractivity (Wildman–Crippen MR) is 54.1 cm³/mol. The van der Waals surface area contributed by atoms with Crippen molar-refractivity contribution in [3.05, 3.63) is 29.6 Å². The molecule has 0 aliphatic heterocycles. The molecular weight excluding hydrogens is 209 g/mol. The first-order valence-corrected chi connectivity index (χ1v) is 4.00. The highest BCUT2D eigenvalue weighted by Crippen LogP contribution is 2.18. The Morgan fingerprint density at radius 3 is 2.71 bits per heavy atom. The van der Waals surface area contributed by atoms with E-state index in [9.17, 15) is 4.39 Å². The Kier molecular flexibility index (Phi) is 6.19. The van der Waals surface area contributed by atoms with Gasteiger partial charge in [-0.1, -0.05) is 6.07 Å². The maximum atomic E-state index is 13.0. The van der Waals surface area contributed by atoms with Crippen LogP contribution in [0, 0.1) is 5.82 Å². The molecule has 0 saturated carbocycles. The van der Waals surface area contributed by atoms with Crippen molar-refractivity contribution < 1.29 is 14.2 Å². The van der Waals surface area contributed by atoms with Crippen molar-refractivity contribution in [1.29, 1.82) is 0 Å². The molecule has 0 amide bonds. The summed E-state index contributed by atoms with van der Waals surface area (Å²) in [5, 5.41) is 8.47. The summed E-state index contributed by atoms with van der Waals surface area (Å²) < 4.78 is 17.9. The molecule has 1 rings (SSSR count). The molecule has 3 N–H and O–H groups in total. The first-order chi connectivity index (χ1) is 6.27. The lowest BCUT2D eigenvalue weighted by molar-refractivity contribution is 0.196. The molecule has 0 bridgehead atoms.